The predicted molar refractivity (Wildman–Crippen MR) is 68.7 cm³/mol. The third-order valence-electron chi connectivity index (χ3n) is 3.11. The summed E-state index contributed by atoms with van der Waals surface area (Å²) in [6.45, 7) is 1.77. The van der Waals surface area contributed by atoms with Crippen molar-refractivity contribution in [3.63, 3.8) is 0 Å². The van der Waals surface area contributed by atoms with E-state index < -0.39 is 5.97 Å². The molecule has 1 aliphatic rings. The number of carbonyl (C=O) groups excluding carboxylic acids is 1. The molecule has 1 fully saturated rings. The van der Waals surface area contributed by atoms with E-state index in [4.69, 9.17) is 16.3 Å². The van der Waals surface area contributed by atoms with Crippen molar-refractivity contribution < 1.29 is 9.53 Å². The Balaban J connectivity index is 2.01. The number of hydrogen-bond acceptors (Lipinski definition) is 4. The minimum Gasteiger partial charge on any atom is -0.458 e. The van der Waals surface area contributed by atoms with Crippen LogP contribution in [0.2, 0.25) is 5.28 Å². The van der Waals surface area contributed by atoms with Crippen molar-refractivity contribution in [3.05, 3.63) is 22.7 Å². The van der Waals surface area contributed by atoms with E-state index in [0.717, 1.165) is 25.7 Å². The lowest BCUT2D eigenvalue weighted by molar-refractivity contribution is 0.0260. The van der Waals surface area contributed by atoms with Gasteiger partial charge in [-0.15, -0.1) is 0 Å². The zero-order valence-electron chi connectivity index (χ0n) is 10.5. The highest BCUT2D eigenvalue weighted by Crippen LogP contribution is 2.20. The highest BCUT2D eigenvalue weighted by Gasteiger charge is 2.19. The summed E-state index contributed by atoms with van der Waals surface area (Å²) in [5.74, 6) is -0.394. The standard InChI is InChI=1S/C13H17ClN2O2/c1-9-8-11(16-13(14)15-9)12(17)18-10-6-4-2-3-5-7-10/h8,10H,2-7H2,1H3. The number of carbonyl (C=O) groups is 1. The highest BCUT2D eigenvalue weighted by atomic mass is 35.5. The van der Waals surface area contributed by atoms with Gasteiger partial charge >= 0.3 is 5.97 Å². The fraction of sp³-hybridized carbons (Fsp3) is 0.615. The second-order valence-corrected chi connectivity index (χ2v) is 5.02. The number of halogens is 1. The zero-order valence-corrected chi connectivity index (χ0v) is 11.2. The number of hydrogen-bond donors (Lipinski definition) is 0. The van der Waals surface area contributed by atoms with Crippen molar-refractivity contribution in [2.24, 2.45) is 0 Å². The number of ether oxygens (including phenoxy) is 1. The topological polar surface area (TPSA) is 52.1 Å². The minimum absolute atomic E-state index is 0.0223. The molecule has 0 spiro atoms. The van der Waals surface area contributed by atoms with E-state index in [9.17, 15) is 4.79 Å². The summed E-state index contributed by atoms with van der Waals surface area (Å²) >= 11 is 5.73. The molecule has 2 rings (SSSR count). The van der Waals surface area contributed by atoms with E-state index >= 15 is 0 Å². The van der Waals surface area contributed by atoms with Gasteiger partial charge in [-0.3, -0.25) is 0 Å². The van der Waals surface area contributed by atoms with Crippen molar-refractivity contribution in [1.82, 2.24) is 9.97 Å². The van der Waals surface area contributed by atoms with Gasteiger partial charge in [-0.2, -0.15) is 0 Å². The Morgan fingerprint density at radius 2 is 1.94 bits per heavy atom. The highest BCUT2D eigenvalue weighted by molar-refractivity contribution is 6.28. The molecule has 0 unspecified atom stereocenters. The Morgan fingerprint density at radius 1 is 1.28 bits per heavy atom. The molecule has 0 amide bonds. The Bertz CT molecular complexity index is 409. The van der Waals surface area contributed by atoms with Gasteiger partial charge in [0.05, 0.1) is 0 Å². The van der Waals surface area contributed by atoms with Crippen LogP contribution in [0.4, 0.5) is 0 Å². The van der Waals surface area contributed by atoms with Gasteiger partial charge in [0, 0.05) is 5.69 Å². The lowest BCUT2D eigenvalue weighted by atomic mass is 10.1. The molecule has 98 valence electrons. The van der Waals surface area contributed by atoms with Crippen LogP contribution in [0.25, 0.3) is 0 Å². The van der Waals surface area contributed by atoms with Gasteiger partial charge in [-0.1, -0.05) is 12.8 Å². The predicted octanol–water partition coefficient (Wildman–Crippen LogP) is 3.32. The van der Waals surface area contributed by atoms with Crippen LogP contribution in [0.5, 0.6) is 0 Å². The van der Waals surface area contributed by atoms with Gasteiger partial charge in [0.1, 0.15) is 6.10 Å². The molecule has 1 aliphatic carbocycles. The molecule has 0 aliphatic heterocycles. The fourth-order valence-electron chi connectivity index (χ4n) is 2.21. The van der Waals surface area contributed by atoms with E-state index in [-0.39, 0.29) is 17.1 Å². The smallest absolute Gasteiger partial charge is 0.357 e. The zero-order chi connectivity index (χ0) is 13.0. The third kappa shape index (κ3) is 3.67. The van der Waals surface area contributed by atoms with Crippen molar-refractivity contribution in [1.29, 1.82) is 0 Å². The van der Waals surface area contributed by atoms with Crippen LogP contribution in [0.1, 0.15) is 54.7 Å². The van der Waals surface area contributed by atoms with E-state index in [1.807, 2.05) is 0 Å². The van der Waals surface area contributed by atoms with Gasteiger partial charge in [0.15, 0.2) is 5.69 Å². The average Bonchev–Trinajstić information content (AvgIpc) is 2.56. The van der Waals surface area contributed by atoms with Crippen molar-refractivity contribution in [3.8, 4) is 0 Å². The number of rotatable bonds is 2. The second-order valence-electron chi connectivity index (χ2n) is 4.68. The summed E-state index contributed by atoms with van der Waals surface area (Å²) < 4.78 is 5.48. The van der Waals surface area contributed by atoms with Crippen molar-refractivity contribution in [2.45, 2.75) is 51.6 Å². The fourth-order valence-corrected chi connectivity index (χ4v) is 2.43. The maximum atomic E-state index is 12.0. The Hall–Kier alpha value is -1.16. The molecular weight excluding hydrogens is 252 g/mol. The van der Waals surface area contributed by atoms with Crippen LogP contribution in [-0.4, -0.2) is 22.0 Å². The Labute approximate surface area is 112 Å². The van der Waals surface area contributed by atoms with Crippen LogP contribution in [0, 0.1) is 6.92 Å². The molecule has 1 aromatic heterocycles. The molecular formula is C13H17ClN2O2. The molecule has 1 saturated carbocycles. The maximum Gasteiger partial charge on any atom is 0.357 e. The lowest BCUT2D eigenvalue weighted by Gasteiger charge is -2.15. The maximum absolute atomic E-state index is 12.0. The van der Waals surface area contributed by atoms with E-state index in [2.05, 4.69) is 9.97 Å². The molecule has 0 bridgehead atoms. The molecule has 1 heterocycles. The first-order valence-electron chi connectivity index (χ1n) is 6.37. The summed E-state index contributed by atoms with van der Waals surface area (Å²) in [7, 11) is 0. The molecule has 1 aromatic rings. The SMILES string of the molecule is Cc1cc(C(=O)OC2CCCCCC2)nc(Cl)n1. The average molecular weight is 269 g/mol. The first-order valence-corrected chi connectivity index (χ1v) is 6.75. The Morgan fingerprint density at radius 3 is 2.56 bits per heavy atom. The first kappa shape index (κ1) is 13.3. The van der Waals surface area contributed by atoms with Crippen LogP contribution in [0.15, 0.2) is 6.07 Å². The Kier molecular flexibility index (Phi) is 4.53. The lowest BCUT2D eigenvalue weighted by Crippen LogP contribution is -2.18. The summed E-state index contributed by atoms with van der Waals surface area (Å²) in [5, 5.41) is 0.0859. The molecule has 4 nitrogen and oxygen atoms in total. The van der Waals surface area contributed by atoms with Gasteiger partial charge < -0.3 is 4.74 Å². The van der Waals surface area contributed by atoms with Gasteiger partial charge in [-0.05, 0) is 50.3 Å². The normalized spacial score (nSPS) is 17.2. The van der Waals surface area contributed by atoms with Gasteiger partial charge in [0.25, 0.3) is 0 Å². The summed E-state index contributed by atoms with van der Waals surface area (Å²) in [6.07, 6.45) is 6.63. The first-order chi connectivity index (χ1) is 8.65. The van der Waals surface area contributed by atoms with Crippen LogP contribution in [0.3, 0.4) is 0 Å². The summed E-state index contributed by atoms with van der Waals surface area (Å²) in [4.78, 5) is 19.8. The number of aromatic nitrogens is 2. The van der Waals surface area contributed by atoms with Crippen LogP contribution >= 0.6 is 11.6 Å². The van der Waals surface area contributed by atoms with E-state index in [1.54, 1.807) is 13.0 Å². The minimum atomic E-state index is -0.394. The molecule has 18 heavy (non-hydrogen) atoms. The summed E-state index contributed by atoms with van der Waals surface area (Å²) in [5.41, 5.74) is 0.916. The molecule has 0 N–H and O–H groups in total. The van der Waals surface area contributed by atoms with Crippen molar-refractivity contribution in [2.75, 3.05) is 0 Å². The quantitative estimate of drug-likeness (QED) is 0.469. The van der Waals surface area contributed by atoms with E-state index in [1.165, 1.54) is 12.8 Å². The molecule has 0 atom stereocenters. The summed E-state index contributed by atoms with van der Waals surface area (Å²) in [6, 6.07) is 1.60. The number of nitrogens with zero attached hydrogens (tertiary/aromatic N) is 2. The molecule has 0 radical (unpaired) electrons. The third-order valence-corrected chi connectivity index (χ3v) is 3.28. The van der Waals surface area contributed by atoms with Gasteiger partial charge in [-0.25, -0.2) is 14.8 Å². The largest absolute Gasteiger partial charge is 0.458 e. The van der Waals surface area contributed by atoms with Crippen LogP contribution < -0.4 is 0 Å². The number of aryl methyl sites for hydroxylation is 1. The molecule has 0 aromatic carbocycles. The monoisotopic (exact) mass is 268 g/mol. The molecule has 0 saturated heterocycles. The molecule has 5 heteroatoms. The number of esters is 1. The van der Waals surface area contributed by atoms with E-state index in [0.29, 0.717) is 5.69 Å². The van der Waals surface area contributed by atoms with Crippen LogP contribution in [-0.2, 0) is 4.74 Å². The van der Waals surface area contributed by atoms with Gasteiger partial charge in [0.2, 0.25) is 5.28 Å². The second kappa shape index (κ2) is 6.14. The van der Waals surface area contributed by atoms with Crippen molar-refractivity contribution >= 4 is 17.6 Å².